The lowest BCUT2D eigenvalue weighted by Gasteiger charge is -2.38. The molecule has 1 heterocycles. The maximum Gasteiger partial charge on any atom is 0.325 e. The van der Waals surface area contributed by atoms with Crippen molar-refractivity contribution in [1.82, 2.24) is 15.5 Å². The van der Waals surface area contributed by atoms with E-state index in [0.717, 1.165) is 4.90 Å². The molecule has 1 saturated heterocycles. The van der Waals surface area contributed by atoms with Gasteiger partial charge in [-0.2, -0.15) is 0 Å². The SMILES string of the molecule is CCC1(C)NC(=O)N(CC(=O)NC(C)(C)C(C)(C)O)C1=O. The minimum atomic E-state index is -1.14. The molecule has 4 amide bonds. The lowest BCUT2D eigenvalue weighted by Crippen LogP contribution is -2.59. The molecule has 1 atom stereocenters. The molecule has 1 aliphatic heterocycles. The van der Waals surface area contributed by atoms with Crippen molar-refractivity contribution in [3.05, 3.63) is 0 Å². The van der Waals surface area contributed by atoms with Gasteiger partial charge in [-0.1, -0.05) is 6.92 Å². The highest BCUT2D eigenvalue weighted by Crippen LogP contribution is 2.22. The van der Waals surface area contributed by atoms with Crippen LogP contribution in [0.5, 0.6) is 0 Å². The van der Waals surface area contributed by atoms with E-state index < -0.39 is 34.5 Å². The number of aliphatic hydroxyl groups is 1. The Morgan fingerprint density at radius 1 is 1.33 bits per heavy atom. The number of rotatable bonds is 5. The summed E-state index contributed by atoms with van der Waals surface area (Å²) < 4.78 is 0. The molecule has 7 heteroatoms. The Kier molecular flexibility index (Phi) is 4.39. The van der Waals surface area contributed by atoms with E-state index in [1.165, 1.54) is 0 Å². The first-order valence-corrected chi connectivity index (χ1v) is 7.01. The van der Waals surface area contributed by atoms with Crippen LogP contribution in [-0.2, 0) is 9.59 Å². The quantitative estimate of drug-likeness (QED) is 0.639. The average Bonchev–Trinajstić information content (AvgIpc) is 2.51. The van der Waals surface area contributed by atoms with E-state index in [-0.39, 0.29) is 6.54 Å². The van der Waals surface area contributed by atoms with Crippen LogP contribution in [0.15, 0.2) is 0 Å². The highest BCUT2D eigenvalue weighted by atomic mass is 16.3. The van der Waals surface area contributed by atoms with E-state index in [2.05, 4.69) is 10.6 Å². The zero-order chi connectivity index (χ0) is 16.6. The Hall–Kier alpha value is -1.63. The third-order valence-electron chi connectivity index (χ3n) is 4.34. The Morgan fingerprint density at radius 2 is 1.86 bits per heavy atom. The lowest BCUT2D eigenvalue weighted by molar-refractivity contribution is -0.136. The van der Waals surface area contributed by atoms with Crippen molar-refractivity contribution in [3.8, 4) is 0 Å². The van der Waals surface area contributed by atoms with Crippen LogP contribution in [0.3, 0.4) is 0 Å². The van der Waals surface area contributed by atoms with Gasteiger partial charge in [0, 0.05) is 0 Å². The smallest absolute Gasteiger partial charge is 0.325 e. The summed E-state index contributed by atoms with van der Waals surface area (Å²) in [4.78, 5) is 37.0. The summed E-state index contributed by atoms with van der Waals surface area (Å²) >= 11 is 0. The minimum Gasteiger partial charge on any atom is -0.388 e. The zero-order valence-corrected chi connectivity index (χ0v) is 13.5. The fraction of sp³-hybridized carbons (Fsp3) is 0.786. The second-order valence-electron chi connectivity index (χ2n) is 6.74. The summed E-state index contributed by atoms with van der Waals surface area (Å²) in [5, 5.41) is 15.2. The number of carbonyl (C=O) groups excluding carboxylic acids is 3. The predicted molar refractivity (Wildman–Crippen MR) is 77.5 cm³/mol. The van der Waals surface area contributed by atoms with Gasteiger partial charge >= 0.3 is 6.03 Å². The van der Waals surface area contributed by atoms with Crippen LogP contribution in [0.4, 0.5) is 4.79 Å². The normalized spacial score (nSPS) is 23.3. The second-order valence-corrected chi connectivity index (χ2v) is 6.74. The third kappa shape index (κ3) is 3.34. The van der Waals surface area contributed by atoms with Crippen molar-refractivity contribution in [2.45, 2.75) is 64.6 Å². The summed E-state index contributed by atoms with van der Waals surface area (Å²) in [6.07, 6.45) is 0.449. The molecule has 0 aliphatic carbocycles. The van der Waals surface area contributed by atoms with Crippen LogP contribution in [0, 0.1) is 0 Å². The number of hydrogen-bond donors (Lipinski definition) is 3. The highest BCUT2D eigenvalue weighted by Gasteiger charge is 2.47. The van der Waals surface area contributed by atoms with Crippen molar-refractivity contribution in [3.63, 3.8) is 0 Å². The van der Waals surface area contributed by atoms with Gasteiger partial charge in [0.1, 0.15) is 12.1 Å². The highest BCUT2D eigenvalue weighted by molar-refractivity contribution is 6.08. The second kappa shape index (κ2) is 5.29. The molecule has 0 aromatic rings. The van der Waals surface area contributed by atoms with E-state index in [9.17, 15) is 19.5 Å². The van der Waals surface area contributed by atoms with Gasteiger partial charge in [0.05, 0.1) is 11.1 Å². The summed E-state index contributed by atoms with van der Waals surface area (Å²) in [5.41, 5.74) is -2.99. The summed E-state index contributed by atoms with van der Waals surface area (Å²) in [6.45, 7) is 9.56. The molecule has 21 heavy (non-hydrogen) atoms. The van der Waals surface area contributed by atoms with Crippen LogP contribution in [0.25, 0.3) is 0 Å². The molecule has 0 aromatic carbocycles. The third-order valence-corrected chi connectivity index (χ3v) is 4.34. The molecule has 120 valence electrons. The zero-order valence-electron chi connectivity index (χ0n) is 13.5. The van der Waals surface area contributed by atoms with Gasteiger partial charge in [0.15, 0.2) is 0 Å². The van der Waals surface area contributed by atoms with Gasteiger partial charge in [0.2, 0.25) is 5.91 Å². The van der Waals surface area contributed by atoms with Crippen molar-refractivity contribution in [1.29, 1.82) is 0 Å². The van der Waals surface area contributed by atoms with Crippen LogP contribution in [0.1, 0.15) is 48.0 Å². The molecule has 0 saturated carbocycles. The lowest BCUT2D eigenvalue weighted by atomic mass is 9.86. The molecular formula is C14H25N3O4. The number of carbonyl (C=O) groups is 3. The standard InChI is InChI=1S/C14H25N3O4/c1-7-14(6)10(19)17(11(20)16-14)8-9(18)15-12(2,3)13(4,5)21/h21H,7-8H2,1-6H3,(H,15,18)(H,16,20). The first-order valence-electron chi connectivity index (χ1n) is 7.01. The van der Waals surface area contributed by atoms with Crippen molar-refractivity contribution in [2.24, 2.45) is 0 Å². The monoisotopic (exact) mass is 299 g/mol. The Labute approximate surface area is 125 Å². The predicted octanol–water partition coefficient (Wildman–Crippen LogP) is 0.373. The van der Waals surface area contributed by atoms with Gasteiger partial charge in [0.25, 0.3) is 5.91 Å². The maximum absolute atomic E-state index is 12.2. The molecule has 7 nitrogen and oxygen atoms in total. The molecule has 0 aromatic heterocycles. The molecule has 3 N–H and O–H groups in total. The number of imide groups is 1. The fourth-order valence-electron chi connectivity index (χ4n) is 1.81. The molecule has 1 unspecified atom stereocenters. The van der Waals surface area contributed by atoms with Gasteiger partial charge in [-0.05, 0) is 41.0 Å². The van der Waals surface area contributed by atoms with Gasteiger partial charge in [-0.3, -0.25) is 14.5 Å². The molecule has 0 spiro atoms. The van der Waals surface area contributed by atoms with Crippen molar-refractivity contribution < 1.29 is 19.5 Å². The molecule has 0 bridgehead atoms. The Balaban J connectivity index is 2.77. The molecule has 1 rings (SSSR count). The minimum absolute atomic E-state index is 0.361. The van der Waals surface area contributed by atoms with Crippen LogP contribution in [-0.4, -0.2) is 51.1 Å². The Morgan fingerprint density at radius 3 is 2.24 bits per heavy atom. The van der Waals surface area contributed by atoms with E-state index >= 15 is 0 Å². The molecule has 0 radical (unpaired) electrons. The van der Waals surface area contributed by atoms with Crippen molar-refractivity contribution >= 4 is 17.8 Å². The largest absolute Gasteiger partial charge is 0.388 e. The van der Waals surface area contributed by atoms with Gasteiger partial charge < -0.3 is 15.7 Å². The van der Waals surface area contributed by atoms with E-state index in [0.29, 0.717) is 6.42 Å². The summed E-state index contributed by atoms with van der Waals surface area (Å²) in [5.74, 6) is -0.905. The number of nitrogens with zero attached hydrogens (tertiary/aromatic N) is 1. The van der Waals surface area contributed by atoms with Crippen LogP contribution in [0.2, 0.25) is 0 Å². The summed E-state index contributed by atoms with van der Waals surface area (Å²) in [6, 6.07) is -0.569. The van der Waals surface area contributed by atoms with E-state index in [1.807, 2.05) is 0 Å². The maximum atomic E-state index is 12.2. The molecule has 1 fully saturated rings. The van der Waals surface area contributed by atoms with E-state index in [4.69, 9.17) is 0 Å². The first-order chi connectivity index (χ1) is 9.34. The average molecular weight is 299 g/mol. The number of nitrogens with one attached hydrogen (secondary N) is 2. The first kappa shape index (κ1) is 17.4. The topological polar surface area (TPSA) is 98.7 Å². The van der Waals surface area contributed by atoms with Gasteiger partial charge in [-0.25, -0.2) is 4.79 Å². The fourth-order valence-corrected chi connectivity index (χ4v) is 1.81. The van der Waals surface area contributed by atoms with Crippen molar-refractivity contribution in [2.75, 3.05) is 6.54 Å². The number of hydrogen-bond acceptors (Lipinski definition) is 4. The van der Waals surface area contributed by atoms with Crippen LogP contribution < -0.4 is 10.6 Å². The number of amides is 4. The Bertz CT molecular complexity index is 467. The van der Waals surface area contributed by atoms with Crippen LogP contribution >= 0.6 is 0 Å². The van der Waals surface area contributed by atoms with E-state index in [1.54, 1.807) is 41.5 Å². The molecular weight excluding hydrogens is 274 g/mol. The summed E-state index contributed by atoms with van der Waals surface area (Å²) in [7, 11) is 0. The number of urea groups is 1. The van der Waals surface area contributed by atoms with Gasteiger partial charge in [-0.15, -0.1) is 0 Å². The molecule has 1 aliphatic rings.